The summed E-state index contributed by atoms with van der Waals surface area (Å²) in [6.45, 7) is 3.68. The molecule has 1 fully saturated rings. The van der Waals surface area contributed by atoms with E-state index in [9.17, 15) is 4.79 Å². The van der Waals surface area contributed by atoms with Crippen molar-refractivity contribution in [1.29, 1.82) is 0 Å². The lowest BCUT2D eigenvalue weighted by Gasteiger charge is -2.33. The number of hydrogen-bond donors (Lipinski definition) is 1. The third-order valence-corrected chi connectivity index (χ3v) is 5.02. The predicted molar refractivity (Wildman–Crippen MR) is 76.4 cm³/mol. The number of nitrogens with one attached hydrogen (secondary N) is 1. The van der Waals surface area contributed by atoms with Gasteiger partial charge in [-0.05, 0) is 38.9 Å². The zero-order chi connectivity index (χ0) is 13.1. The van der Waals surface area contributed by atoms with Gasteiger partial charge in [0.1, 0.15) is 0 Å². The molecule has 0 aromatic carbocycles. The molecule has 0 saturated carbocycles. The van der Waals surface area contributed by atoms with Crippen molar-refractivity contribution in [3.8, 4) is 0 Å². The van der Waals surface area contributed by atoms with Crippen LogP contribution in [0, 0.1) is 0 Å². The zero-order valence-corrected chi connectivity index (χ0v) is 12.4. The standard InChI is InChI=1S/C13H19ClN2OS/c1-9(11-3-4-12(14)18-11)13(17)16-7-5-10(15-2)6-8-16/h3-4,9-10,15H,5-8H2,1-2H3. The van der Waals surface area contributed by atoms with Crippen LogP contribution in [0.2, 0.25) is 4.34 Å². The molecule has 1 unspecified atom stereocenters. The number of halogens is 1. The van der Waals surface area contributed by atoms with E-state index in [1.807, 2.05) is 31.0 Å². The van der Waals surface area contributed by atoms with Gasteiger partial charge in [-0.1, -0.05) is 11.6 Å². The Kier molecular flexibility index (Phi) is 4.65. The number of likely N-dealkylation sites (tertiary alicyclic amines) is 1. The molecule has 18 heavy (non-hydrogen) atoms. The zero-order valence-electron chi connectivity index (χ0n) is 10.8. The quantitative estimate of drug-likeness (QED) is 0.927. The van der Waals surface area contributed by atoms with Gasteiger partial charge in [-0.25, -0.2) is 0 Å². The molecule has 0 radical (unpaired) electrons. The molecule has 1 N–H and O–H groups in total. The molecule has 1 aliphatic heterocycles. The van der Waals surface area contributed by atoms with Crippen LogP contribution in [-0.4, -0.2) is 37.0 Å². The van der Waals surface area contributed by atoms with Crippen LogP contribution >= 0.6 is 22.9 Å². The summed E-state index contributed by atoms with van der Waals surface area (Å²) in [6, 6.07) is 4.37. The summed E-state index contributed by atoms with van der Waals surface area (Å²) in [4.78, 5) is 15.4. The molecule has 2 rings (SSSR count). The van der Waals surface area contributed by atoms with Gasteiger partial charge in [0, 0.05) is 24.0 Å². The summed E-state index contributed by atoms with van der Waals surface area (Å²) in [5, 5.41) is 3.27. The van der Waals surface area contributed by atoms with Crippen LogP contribution in [0.25, 0.3) is 0 Å². The molecular formula is C13H19ClN2OS. The second-order valence-corrected chi connectivity index (χ2v) is 6.50. The molecule has 0 spiro atoms. The van der Waals surface area contributed by atoms with Gasteiger partial charge in [-0.3, -0.25) is 4.79 Å². The van der Waals surface area contributed by atoms with Crippen molar-refractivity contribution in [2.75, 3.05) is 20.1 Å². The van der Waals surface area contributed by atoms with E-state index < -0.39 is 0 Å². The Labute approximate surface area is 117 Å². The monoisotopic (exact) mass is 286 g/mol. The van der Waals surface area contributed by atoms with Gasteiger partial charge < -0.3 is 10.2 Å². The minimum Gasteiger partial charge on any atom is -0.342 e. The van der Waals surface area contributed by atoms with Crippen molar-refractivity contribution < 1.29 is 4.79 Å². The van der Waals surface area contributed by atoms with Gasteiger partial charge in [0.2, 0.25) is 5.91 Å². The molecule has 5 heteroatoms. The second kappa shape index (κ2) is 6.04. The highest BCUT2D eigenvalue weighted by atomic mass is 35.5. The van der Waals surface area contributed by atoms with E-state index in [-0.39, 0.29) is 11.8 Å². The van der Waals surface area contributed by atoms with E-state index in [0.717, 1.165) is 35.1 Å². The average Bonchev–Trinajstić information content (AvgIpc) is 2.84. The van der Waals surface area contributed by atoms with Crippen LogP contribution in [0.3, 0.4) is 0 Å². The Morgan fingerprint density at radius 1 is 1.50 bits per heavy atom. The van der Waals surface area contributed by atoms with Crippen molar-refractivity contribution in [3.05, 3.63) is 21.3 Å². The summed E-state index contributed by atoms with van der Waals surface area (Å²) >= 11 is 7.42. The van der Waals surface area contributed by atoms with Crippen LogP contribution in [0.4, 0.5) is 0 Å². The maximum absolute atomic E-state index is 12.4. The number of rotatable bonds is 3. The summed E-state index contributed by atoms with van der Waals surface area (Å²) in [6.07, 6.45) is 2.08. The van der Waals surface area contributed by atoms with E-state index in [4.69, 9.17) is 11.6 Å². The number of carbonyl (C=O) groups excluding carboxylic acids is 1. The third-order valence-electron chi connectivity index (χ3n) is 3.61. The lowest BCUT2D eigenvalue weighted by molar-refractivity contribution is -0.133. The molecule has 2 heterocycles. The molecule has 1 atom stereocenters. The van der Waals surface area contributed by atoms with Crippen molar-refractivity contribution in [2.45, 2.75) is 31.7 Å². The fraction of sp³-hybridized carbons (Fsp3) is 0.615. The normalized spacial score (nSPS) is 18.9. The van der Waals surface area contributed by atoms with Gasteiger partial charge in [-0.2, -0.15) is 0 Å². The van der Waals surface area contributed by atoms with E-state index in [1.54, 1.807) is 0 Å². The predicted octanol–water partition coefficient (Wildman–Crippen LogP) is 2.72. The first kappa shape index (κ1) is 13.8. The summed E-state index contributed by atoms with van der Waals surface area (Å²) in [5.74, 6) is 0.150. The highest BCUT2D eigenvalue weighted by molar-refractivity contribution is 7.16. The van der Waals surface area contributed by atoms with Gasteiger partial charge in [0.15, 0.2) is 0 Å². The molecule has 3 nitrogen and oxygen atoms in total. The summed E-state index contributed by atoms with van der Waals surface area (Å²) in [5.41, 5.74) is 0. The maximum atomic E-state index is 12.4. The molecular weight excluding hydrogens is 268 g/mol. The molecule has 1 aliphatic rings. The van der Waals surface area contributed by atoms with Crippen molar-refractivity contribution in [2.24, 2.45) is 0 Å². The smallest absolute Gasteiger partial charge is 0.230 e. The van der Waals surface area contributed by atoms with Crippen LogP contribution in [0.5, 0.6) is 0 Å². The fourth-order valence-corrected chi connectivity index (χ4v) is 3.45. The lowest BCUT2D eigenvalue weighted by Crippen LogP contribution is -2.45. The maximum Gasteiger partial charge on any atom is 0.230 e. The van der Waals surface area contributed by atoms with Gasteiger partial charge >= 0.3 is 0 Å². The second-order valence-electron chi connectivity index (χ2n) is 4.75. The Hall–Kier alpha value is -0.580. The molecule has 0 aliphatic carbocycles. The fourth-order valence-electron chi connectivity index (χ4n) is 2.35. The minimum absolute atomic E-state index is 0.0753. The van der Waals surface area contributed by atoms with Crippen LogP contribution < -0.4 is 5.32 Å². The van der Waals surface area contributed by atoms with Crippen molar-refractivity contribution in [3.63, 3.8) is 0 Å². The minimum atomic E-state index is -0.0753. The molecule has 1 aromatic heterocycles. The number of piperidine rings is 1. The Bertz CT molecular complexity index is 413. The number of amides is 1. The number of hydrogen-bond acceptors (Lipinski definition) is 3. The molecule has 100 valence electrons. The number of thiophene rings is 1. The lowest BCUT2D eigenvalue weighted by atomic mass is 10.0. The largest absolute Gasteiger partial charge is 0.342 e. The van der Waals surface area contributed by atoms with E-state index in [2.05, 4.69) is 5.32 Å². The Balaban J connectivity index is 1.95. The van der Waals surface area contributed by atoms with Crippen molar-refractivity contribution in [1.82, 2.24) is 10.2 Å². The van der Waals surface area contributed by atoms with Crippen LogP contribution in [-0.2, 0) is 4.79 Å². The highest BCUT2D eigenvalue weighted by Gasteiger charge is 2.26. The highest BCUT2D eigenvalue weighted by Crippen LogP contribution is 2.29. The van der Waals surface area contributed by atoms with Crippen LogP contribution in [0.15, 0.2) is 12.1 Å². The Morgan fingerprint density at radius 2 is 2.17 bits per heavy atom. The first-order valence-corrected chi connectivity index (χ1v) is 7.52. The molecule has 1 aromatic rings. The Morgan fingerprint density at radius 3 is 2.67 bits per heavy atom. The first-order valence-electron chi connectivity index (χ1n) is 6.33. The topological polar surface area (TPSA) is 32.3 Å². The van der Waals surface area contributed by atoms with Gasteiger partial charge in [0.25, 0.3) is 0 Å². The average molecular weight is 287 g/mol. The van der Waals surface area contributed by atoms with Gasteiger partial charge in [-0.15, -0.1) is 11.3 Å². The van der Waals surface area contributed by atoms with Crippen molar-refractivity contribution >= 4 is 28.8 Å². The van der Waals surface area contributed by atoms with E-state index >= 15 is 0 Å². The number of carbonyl (C=O) groups is 1. The SMILES string of the molecule is CNC1CCN(C(=O)C(C)c2ccc(Cl)s2)CC1. The van der Waals surface area contributed by atoms with E-state index in [0.29, 0.717) is 6.04 Å². The van der Waals surface area contributed by atoms with Gasteiger partial charge in [0.05, 0.1) is 10.3 Å². The molecule has 1 amide bonds. The summed E-state index contributed by atoms with van der Waals surface area (Å²) < 4.78 is 0.749. The third kappa shape index (κ3) is 3.05. The summed E-state index contributed by atoms with van der Waals surface area (Å²) in [7, 11) is 1.98. The van der Waals surface area contributed by atoms with Crippen LogP contribution in [0.1, 0.15) is 30.6 Å². The molecule has 1 saturated heterocycles. The first-order chi connectivity index (χ1) is 8.61. The van der Waals surface area contributed by atoms with E-state index in [1.165, 1.54) is 11.3 Å². The number of nitrogens with zero attached hydrogens (tertiary/aromatic N) is 1. The molecule has 0 bridgehead atoms.